The van der Waals surface area contributed by atoms with Gasteiger partial charge in [-0.3, -0.25) is 0 Å². The highest BCUT2D eigenvalue weighted by atomic mass is 15.1. The third-order valence-corrected chi connectivity index (χ3v) is 13.3. The Bertz CT molecular complexity index is 3430. The fourth-order valence-corrected chi connectivity index (χ4v) is 10.7. The summed E-state index contributed by atoms with van der Waals surface area (Å²) in [6, 6.07) is 95.9. The highest BCUT2D eigenvalue weighted by Gasteiger charge is 2.46. The summed E-state index contributed by atoms with van der Waals surface area (Å²) in [5, 5.41) is 4.92. The lowest BCUT2D eigenvalue weighted by molar-refractivity contribution is 0.768. The molecule has 1 aliphatic carbocycles. The maximum Gasteiger partial charge on any atom is 0.0714 e. The molecule has 0 N–H and O–H groups in total. The number of benzene rings is 11. The summed E-state index contributed by atoms with van der Waals surface area (Å²) in [4.78, 5) is 2.50. The number of fused-ring (bicyclic) bond motifs is 6. The molecule has 0 aromatic heterocycles. The minimum atomic E-state index is -0.539. The van der Waals surface area contributed by atoms with Gasteiger partial charge in [0.1, 0.15) is 0 Å². The molecule has 1 aliphatic rings. The van der Waals surface area contributed by atoms with Crippen LogP contribution in [-0.2, 0) is 5.41 Å². The lowest BCUT2D eigenvalue weighted by Gasteiger charge is -2.35. The van der Waals surface area contributed by atoms with Crippen LogP contribution in [0.25, 0.3) is 66.1 Å². The average Bonchev–Trinajstić information content (AvgIpc) is 3.68. The van der Waals surface area contributed by atoms with Gasteiger partial charge in [0.15, 0.2) is 0 Å². The first kappa shape index (κ1) is 37.5. The van der Waals surface area contributed by atoms with Crippen molar-refractivity contribution in [3.8, 4) is 44.5 Å². The topological polar surface area (TPSA) is 3.24 Å². The van der Waals surface area contributed by atoms with Gasteiger partial charge < -0.3 is 4.90 Å². The van der Waals surface area contributed by atoms with E-state index in [0.717, 1.165) is 22.6 Å². The smallest absolute Gasteiger partial charge is 0.0714 e. The molecule has 11 aromatic rings. The van der Waals surface area contributed by atoms with Crippen molar-refractivity contribution >= 4 is 38.6 Å². The van der Waals surface area contributed by atoms with Crippen LogP contribution < -0.4 is 4.90 Å². The SMILES string of the molecule is c1ccc(-c2ccccc2N(c2ccc3c(c2)C(c2ccccc2)(c2ccccc2)c2ccccc2-3)c2ccc3c(c2)c(-c2ccccc2)c(-c2ccccc2)c2ccccc23)cc1. The molecule has 0 fully saturated rings. The van der Waals surface area contributed by atoms with Crippen molar-refractivity contribution < 1.29 is 0 Å². The van der Waals surface area contributed by atoms with Gasteiger partial charge in [-0.15, -0.1) is 0 Å². The second-order valence-corrected chi connectivity index (χ2v) is 16.7. The Hall–Kier alpha value is -8.26. The van der Waals surface area contributed by atoms with Gasteiger partial charge >= 0.3 is 0 Å². The summed E-state index contributed by atoms with van der Waals surface area (Å²) in [5.41, 5.74) is 17.5. The van der Waals surface area contributed by atoms with Crippen molar-refractivity contribution in [2.45, 2.75) is 5.41 Å². The minimum absolute atomic E-state index is 0.539. The van der Waals surface area contributed by atoms with Crippen LogP contribution in [0.2, 0.25) is 0 Å². The highest BCUT2D eigenvalue weighted by Crippen LogP contribution is 2.58. The number of nitrogens with zero attached hydrogens (tertiary/aromatic N) is 1. The van der Waals surface area contributed by atoms with E-state index in [9.17, 15) is 0 Å². The molecule has 0 atom stereocenters. The van der Waals surface area contributed by atoms with Gasteiger partial charge in [0.25, 0.3) is 0 Å². The molecule has 1 nitrogen and oxygen atoms in total. The second kappa shape index (κ2) is 15.6. The summed E-state index contributed by atoms with van der Waals surface area (Å²) >= 11 is 0. The molecule has 0 saturated heterocycles. The maximum absolute atomic E-state index is 2.50. The Morgan fingerprint density at radius 3 is 1.34 bits per heavy atom. The van der Waals surface area contributed by atoms with E-state index in [4.69, 9.17) is 0 Å². The summed E-state index contributed by atoms with van der Waals surface area (Å²) < 4.78 is 0. The first-order valence-corrected chi connectivity index (χ1v) is 22.2. The first-order valence-electron chi connectivity index (χ1n) is 22.2. The van der Waals surface area contributed by atoms with E-state index in [1.807, 2.05) is 0 Å². The lowest BCUT2D eigenvalue weighted by Crippen LogP contribution is -2.28. The van der Waals surface area contributed by atoms with Gasteiger partial charge in [-0.05, 0) is 113 Å². The van der Waals surface area contributed by atoms with Gasteiger partial charge in [0.05, 0.1) is 11.1 Å². The van der Waals surface area contributed by atoms with Crippen molar-refractivity contribution in [3.63, 3.8) is 0 Å². The third-order valence-electron chi connectivity index (χ3n) is 13.3. The molecule has 0 aliphatic heterocycles. The van der Waals surface area contributed by atoms with E-state index in [0.29, 0.717) is 0 Å². The van der Waals surface area contributed by atoms with Crippen LogP contribution in [0.5, 0.6) is 0 Å². The molecule has 64 heavy (non-hydrogen) atoms. The molecule has 11 aromatic carbocycles. The maximum atomic E-state index is 2.50. The van der Waals surface area contributed by atoms with Crippen LogP contribution in [0, 0.1) is 0 Å². The van der Waals surface area contributed by atoms with Crippen LogP contribution in [0.15, 0.2) is 261 Å². The van der Waals surface area contributed by atoms with Crippen LogP contribution in [0.1, 0.15) is 22.3 Å². The van der Waals surface area contributed by atoms with E-state index >= 15 is 0 Å². The van der Waals surface area contributed by atoms with Gasteiger partial charge in [0.2, 0.25) is 0 Å². The molecule has 300 valence electrons. The molecular formula is C63H43N. The molecule has 0 bridgehead atoms. The zero-order valence-corrected chi connectivity index (χ0v) is 35.3. The number of hydrogen-bond donors (Lipinski definition) is 0. The quantitative estimate of drug-likeness (QED) is 0.138. The number of anilines is 3. The molecular weight excluding hydrogens is 771 g/mol. The molecule has 1 heteroatoms. The van der Waals surface area contributed by atoms with Crippen LogP contribution in [0.3, 0.4) is 0 Å². The van der Waals surface area contributed by atoms with Crippen LogP contribution >= 0.6 is 0 Å². The van der Waals surface area contributed by atoms with Gasteiger partial charge in [0, 0.05) is 16.9 Å². The number of rotatable bonds is 8. The van der Waals surface area contributed by atoms with E-state index in [1.54, 1.807) is 0 Å². The first-order chi connectivity index (χ1) is 31.8. The van der Waals surface area contributed by atoms with Crippen molar-refractivity contribution in [2.24, 2.45) is 0 Å². The Balaban J connectivity index is 1.19. The Labute approximate surface area is 374 Å². The molecule has 0 heterocycles. The normalized spacial score (nSPS) is 12.5. The molecule has 0 saturated carbocycles. The monoisotopic (exact) mass is 813 g/mol. The lowest BCUT2D eigenvalue weighted by atomic mass is 9.67. The summed E-state index contributed by atoms with van der Waals surface area (Å²) in [6.07, 6.45) is 0. The molecule has 0 spiro atoms. The van der Waals surface area contributed by atoms with E-state index in [2.05, 4.69) is 266 Å². The van der Waals surface area contributed by atoms with E-state index in [-0.39, 0.29) is 0 Å². The fraction of sp³-hybridized carbons (Fsp3) is 0.0159. The largest absolute Gasteiger partial charge is 0.310 e. The van der Waals surface area contributed by atoms with E-state index in [1.165, 1.54) is 82.7 Å². The third kappa shape index (κ3) is 5.93. The fourth-order valence-electron chi connectivity index (χ4n) is 10.7. The zero-order valence-electron chi connectivity index (χ0n) is 35.3. The Morgan fingerprint density at radius 2 is 0.703 bits per heavy atom. The second-order valence-electron chi connectivity index (χ2n) is 16.7. The van der Waals surface area contributed by atoms with Gasteiger partial charge in [-0.2, -0.15) is 0 Å². The summed E-state index contributed by atoms with van der Waals surface area (Å²) in [5.74, 6) is 0. The number of hydrogen-bond acceptors (Lipinski definition) is 1. The zero-order chi connectivity index (χ0) is 42.5. The van der Waals surface area contributed by atoms with Gasteiger partial charge in [-0.1, -0.05) is 231 Å². The Morgan fingerprint density at radius 1 is 0.266 bits per heavy atom. The van der Waals surface area contributed by atoms with Crippen LogP contribution in [0.4, 0.5) is 17.1 Å². The van der Waals surface area contributed by atoms with Gasteiger partial charge in [-0.25, -0.2) is 0 Å². The van der Waals surface area contributed by atoms with Crippen molar-refractivity contribution in [1.29, 1.82) is 0 Å². The standard InChI is InChI=1S/C63H43N/c1-6-22-44(23-7-1)51-32-19-21-37-60(51)64(50-39-41-55-54-34-18-20-36-58(54)63(59(55)43-50,47-28-12-4-13-29-47)48-30-14-5-15-31-48)49-38-40-53-52-33-16-17-35-56(52)61(45-24-8-2-9-25-45)62(57(53)42-49)46-26-10-3-11-27-46/h1-43H. The Kier molecular flexibility index (Phi) is 9.13. The van der Waals surface area contributed by atoms with Crippen molar-refractivity contribution in [2.75, 3.05) is 4.90 Å². The summed E-state index contributed by atoms with van der Waals surface area (Å²) in [7, 11) is 0. The highest BCUT2D eigenvalue weighted by molar-refractivity contribution is 6.22. The average molecular weight is 814 g/mol. The van der Waals surface area contributed by atoms with Crippen LogP contribution in [-0.4, -0.2) is 0 Å². The summed E-state index contributed by atoms with van der Waals surface area (Å²) in [6.45, 7) is 0. The van der Waals surface area contributed by atoms with Crippen molar-refractivity contribution in [1.82, 2.24) is 0 Å². The minimum Gasteiger partial charge on any atom is -0.310 e. The number of para-hydroxylation sites is 1. The molecule has 0 amide bonds. The van der Waals surface area contributed by atoms with E-state index < -0.39 is 5.41 Å². The van der Waals surface area contributed by atoms with Crippen molar-refractivity contribution in [3.05, 3.63) is 283 Å². The predicted molar refractivity (Wildman–Crippen MR) is 270 cm³/mol. The molecule has 0 unspecified atom stereocenters. The predicted octanol–water partition coefficient (Wildman–Crippen LogP) is 16.8. The molecule has 12 rings (SSSR count). The molecule has 0 radical (unpaired) electrons.